The SMILES string of the molecule is Cc1cc(=O)oc2cc(OCC(=O)OCC(=O)Nc3cc(C(F)(F)F)ccc3Cl)ccc12. The molecule has 1 aromatic heterocycles. The van der Waals surface area contributed by atoms with E-state index in [9.17, 15) is 27.6 Å². The summed E-state index contributed by atoms with van der Waals surface area (Å²) >= 11 is 5.79. The number of nitrogens with one attached hydrogen (secondary N) is 1. The fourth-order valence-electron chi connectivity index (χ4n) is 2.71. The Morgan fingerprint density at radius 1 is 1.09 bits per heavy atom. The summed E-state index contributed by atoms with van der Waals surface area (Å²) in [6.07, 6.45) is -4.61. The number of hydrogen-bond acceptors (Lipinski definition) is 6. The standard InChI is InChI=1S/C21H15ClF3NO6/c1-11-6-19(28)32-17-8-13(3-4-14(11)17)30-10-20(29)31-9-18(27)26-16-7-12(21(23,24)25)2-5-15(16)22/h2-8H,9-10H2,1H3,(H,26,27). The van der Waals surface area contributed by atoms with Gasteiger partial charge in [0.2, 0.25) is 0 Å². The van der Waals surface area contributed by atoms with E-state index in [-0.39, 0.29) is 22.0 Å². The second-order valence-corrected chi connectivity index (χ2v) is 7.00. The maximum Gasteiger partial charge on any atom is 0.416 e. The first-order valence-corrected chi connectivity index (χ1v) is 9.40. The van der Waals surface area contributed by atoms with Crippen LogP contribution in [-0.4, -0.2) is 25.1 Å². The minimum atomic E-state index is -4.61. The van der Waals surface area contributed by atoms with Gasteiger partial charge in [0.15, 0.2) is 13.2 Å². The summed E-state index contributed by atoms with van der Waals surface area (Å²) < 4.78 is 53.4. The smallest absolute Gasteiger partial charge is 0.416 e. The van der Waals surface area contributed by atoms with Crippen LogP contribution in [0.3, 0.4) is 0 Å². The predicted molar refractivity (Wildman–Crippen MR) is 109 cm³/mol. The van der Waals surface area contributed by atoms with Crippen LogP contribution in [-0.2, 0) is 20.5 Å². The van der Waals surface area contributed by atoms with E-state index in [1.165, 1.54) is 12.1 Å². The Labute approximate surface area is 183 Å². The molecule has 0 unspecified atom stereocenters. The third-order valence-corrected chi connectivity index (χ3v) is 4.54. The quantitative estimate of drug-likeness (QED) is 0.426. The van der Waals surface area contributed by atoms with Crippen LogP contribution in [0.4, 0.5) is 18.9 Å². The van der Waals surface area contributed by atoms with Crippen LogP contribution in [0.25, 0.3) is 11.0 Å². The van der Waals surface area contributed by atoms with E-state index in [4.69, 9.17) is 25.5 Å². The molecule has 7 nitrogen and oxygen atoms in total. The van der Waals surface area contributed by atoms with Gasteiger partial charge in [0, 0.05) is 17.5 Å². The van der Waals surface area contributed by atoms with Gasteiger partial charge in [-0.25, -0.2) is 9.59 Å². The van der Waals surface area contributed by atoms with Gasteiger partial charge < -0.3 is 19.2 Å². The number of fused-ring (bicyclic) bond motifs is 1. The summed E-state index contributed by atoms with van der Waals surface area (Å²) in [6, 6.07) is 8.43. The van der Waals surface area contributed by atoms with Crippen molar-refractivity contribution >= 4 is 40.1 Å². The highest BCUT2D eigenvalue weighted by Gasteiger charge is 2.31. The number of ether oxygens (including phenoxy) is 2. The van der Waals surface area contributed by atoms with Gasteiger partial charge >= 0.3 is 17.8 Å². The van der Waals surface area contributed by atoms with Crippen molar-refractivity contribution in [3.63, 3.8) is 0 Å². The Bertz CT molecular complexity index is 1240. The fourth-order valence-corrected chi connectivity index (χ4v) is 2.87. The van der Waals surface area contributed by atoms with Crippen molar-refractivity contribution in [3.05, 3.63) is 69.0 Å². The predicted octanol–water partition coefficient (Wildman–Crippen LogP) is 4.33. The zero-order valence-corrected chi connectivity index (χ0v) is 17.2. The van der Waals surface area contributed by atoms with Crippen molar-refractivity contribution in [1.29, 1.82) is 0 Å². The maximum atomic E-state index is 12.8. The highest BCUT2D eigenvalue weighted by atomic mass is 35.5. The minimum absolute atomic E-state index is 0.112. The van der Waals surface area contributed by atoms with Crippen molar-refractivity contribution in [2.75, 3.05) is 18.5 Å². The van der Waals surface area contributed by atoms with E-state index in [0.717, 1.165) is 12.1 Å². The monoisotopic (exact) mass is 469 g/mol. The molecule has 1 amide bonds. The topological polar surface area (TPSA) is 94.8 Å². The van der Waals surface area contributed by atoms with Gasteiger partial charge in [0.25, 0.3) is 5.91 Å². The van der Waals surface area contributed by atoms with Crippen LogP contribution in [0.5, 0.6) is 5.75 Å². The molecule has 0 fully saturated rings. The summed E-state index contributed by atoms with van der Waals surface area (Å²) in [5.41, 5.74) is -0.804. The molecule has 32 heavy (non-hydrogen) atoms. The third-order valence-electron chi connectivity index (χ3n) is 4.21. The lowest BCUT2D eigenvalue weighted by Gasteiger charge is -2.12. The average molecular weight is 470 g/mol. The molecule has 0 saturated heterocycles. The van der Waals surface area contributed by atoms with Crippen molar-refractivity contribution in [1.82, 2.24) is 0 Å². The van der Waals surface area contributed by atoms with Crippen molar-refractivity contribution in [3.8, 4) is 5.75 Å². The molecule has 3 aromatic rings. The Morgan fingerprint density at radius 2 is 1.84 bits per heavy atom. The molecule has 0 bridgehead atoms. The first-order chi connectivity index (χ1) is 15.0. The summed E-state index contributed by atoms with van der Waals surface area (Å²) in [5, 5.41) is 2.74. The van der Waals surface area contributed by atoms with Crippen LogP contribution in [0.15, 0.2) is 51.7 Å². The van der Waals surface area contributed by atoms with Gasteiger partial charge in [-0.15, -0.1) is 0 Å². The van der Waals surface area contributed by atoms with E-state index in [0.29, 0.717) is 17.0 Å². The molecule has 2 aromatic carbocycles. The van der Waals surface area contributed by atoms with Crippen LogP contribution in [0, 0.1) is 6.92 Å². The highest BCUT2D eigenvalue weighted by Crippen LogP contribution is 2.33. The average Bonchev–Trinajstić information content (AvgIpc) is 2.71. The highest BCUT2D eigenvalue weighted by molar-refractivity contribution is 6.33. The number of anilines is 1. The van der Waals surface area contributed by atoms with E-state index in [1.54, 1.807) is 19.1 Å². The van der Waals surface area contributed by atoms with E-state index >= 15 is 0 Å². The van der Waals surface area contributed by atoms with Gasteiger partial charge in [-0.3, -0.25) is 4.79 Å². The molecule has 0 atom stereocenters. The summed E-state index contributed by atoms with van der Waals surface area (Å²) in [6.45, 7) is 0.425. The Morgan fingerprint density at radius 3 is 2.56 bits per heavy atom. The lowest BCUT2D eigenvalue weighted by molar-refractivity contribution is -0.149. The second kappa shape index (κ2) is 9.31. The van der Waals surface area contributed by atoms with E-state index in [1.807, 2.05) is 0 Å². The number of halogens is 4. The molecule has 168 valence electrons. The zero-order chi connectivity index (χ0) is 23.5. The lowest BCUT2D eigenvalue weighted by atomic mass is 10.1. The molecule has 0 saturated carbocycles. The molecule has 0 radical (unpaired) electrons. The van der Waals surface area contributed by atoms with Gasteiger partial charge in [-0.05, 0) is 42.8 Å². The lowest BCUT2D eigenvalue weighted by Crippen LogP contribution is -2.24. The molecule has 1 heterocycles. The first-order valence-electron chi connectivity index (χ1n) is 9.02. The first kappa shape index (κ1) is 23.1. The van der Waals surface area contributed by atoms with Crippen LogP contribution in [0.1, 0.15) is 11.1 Å². The maximum absolute atomic E-state index is 12.8. The molecule has 0 aliphatic carbocycles. The number of carbonyl (C=O) groups excluding carboxylic acids is 2. The Kier molecular flexibility index (Phi) is 6.73. The molecule has 0 aliphatic rings. The zero-order valence-electron chi connectivity index (χ0n) is 16.4. The number of rotatable bonds is 6. The van der Waals surface area contributed by atoms with Gasteiger partial charge in [-0.1, -0.05) is 11.6 Å². The third kappa shape index (κ3) is 5.79. The number of carbonyl (C=O) groups is 2. The number of esters is 1. The number of alkyl halides is 3. The van der Waals surface area contributed by atoms with Crippen LogP contribution in [0.2, 0.25) is 5.02 Å². The summed E-state index contributed by atoms with van der Waals surface area (Å²) in [4.78, 5) is 35.2. The number of aryl methyl sites for hydroxylation is 1. The van der Waals surface area contributed by atoms with E-state index < -0.39 is 42.5 Å². The van der Waals surface area contributed by atoms with E-state index in [2.05, 4.69) is 5.32 Å². The Hall–Kier alpha value is -3.53. The summed E-state index contributed by atoms with van der Waals surface area (Å²) in [7, 11) is 0. The molecule has 0 aliphatic heterocycles. The molecule has 1 N–H and O–H groups in total. The molecular formula is C21H15ClF3NO6. The number of hydrogen-bond donors (Lipinski definition) is 1. The van der Waals surface area contributed by atoms with Gasteiger partial charge in [0.1, 0.15) is 11.3 Å². The normalized spacial score (nSPS) is 11.3. The molecule has 3 rings (SSSR count). The second-order valence-electron chi connectivity index (χ2n) is 6.60. The van der Waals surface area contributed by atoms with Gasteiger partial charge in [0.05, 0.1) is 16.3 Å². The van der Waals surface area contributed by atoms with Crippen LogP contribution < -0.4 is 15.7 Å². The van der Waals surface area contributed by atoms with Gasteiger partial charge in [-0.2, -0.15) is 13.2 Å². The van der Waals surface area contributed by atoms with Crippen molar-refractivity contribution in [2.45, 2.75) is 13.1 Å². The molecule has 11 heteroatoms. The largest absolute Gasteiger partial charge is 0.482 e. The van der Waals surface area contributed by atoms with Crippen molar-refractivity contribution < 1.29 is 36.7 Å². The number of benzene rings is 2. The fraction of sp³-hybridized carbons (Fsp3) is 0.190. The van der Waals surface area contributed by atoms with Crippen molar-refractivity contribution in [2.24, 2.45) is 0 Å². The van der Waals surface area contributed by atoms with Crippen LogP contribution >= 0.6 is 11.6 Å². The minimum Gasteiger partial charge on any atom is -0.482 e. The molecule has 0 spiro atoms. The Balaban J connectivity index is 1.54. The molecular weight excluding hydrogens is 455 g/mol. The summed E-state index contributed by atoms with van der Waals surface area (Å²) in [5.74, 6) is -1.56. The number of amides is 1.